The van der Waals surface area contributed by atoms with Crippen molar-refractivity contribution in [2.24, 2.45) is 5.10 Å². The van der Waals surface area contributed by atoms with Crippen molar-refractivity contribution in [1.82, 2.24) is 9.99 Å². The first-order chi connectivity index (χ1) is 15.5. The Labute approximate surface area is 189 Å². The van der Waals surface area contributed by atoms with Crippen LogP contribution in [0.2, 0.25) is 5.02 Å². The summed E-state index contributed by atoms with van der Waals surface area (Å²) in [6.45, 7) is 0.612. The van der Waals surface area contributed by atoms with Crippen molar-refractivity contribution in [3.63, 3.8) is 0 Å². The van der Waals surface area contributed by atoms with Gasteiger partial charge in [-0.05, 0) is 23.3 Å². The van der Waals surface area contributed by atoms with Gasteiger partial charge in [0.1, 0.15) is 0 Å². The summed E-state index contributed by atoms with van der Waals surface area (Å²) < 4.78 is 2.09. The molecule has 1 heterocycles. The maximum Gasteiger partial charge on any atom is 0.269 e. The Bertz CT molecular complexity index is 1310. The van der Waals surface area contributed by atoms with Crippen LogP contribution in [0.4, 0.5) is 5.69 Å². The molecule has 4 aromatic rings. The highest BCUT2D eigenvalue weighted by Crippen LogP contribution is 2.23. The molecule has 0 fully saturated rings. The number of amides is 1. The second kappa shape index (κ2) is 9.45. The van der Waals surface area contributed by atoms with Crippen molar-refractivity contribution < 1.29 is 9.72 Å². The second-order valence-corrected chi connectivity index (χ2v) is 7.62. The van der Waals surface area contributed by atoms with Gasteiger partial charge in [-0.1, -0.05) is 60.1 Å². The first-order valence-electron chi connectivity index (χ1n) is 9.88. The molecule has 3 aromatic carbocycles. The number of halogens is 1. The van der Waals surface area contributed by atoms with E-state index in [0.717, 1.165) is 22.0 Å². The molecule has 8 heteroatoms. The minimum absolute atomic E-state index is 0.0136. The molecule has 0 atom stereocenters. The maximum absolute atomic E-state index is 12.2. The highest BCUT2D eigenvalue weighted by molar-refractivity contribution is 6.31. The Morgan fingerprint density at radius 3 is 2.53 bits per heavy atom. The Morgan fingerprint density at radius 2 is 1.78 bits per heavy atom. The number of nitrogens with one attached hydrogen (secondary N) is 1. The first kappa shape index (κ1) is 21.3. The molecule has 0 saturated heterocycles. The van der Waals surface area contributed by atoms with Crippen LogP contribution in [0.1, 0.15) is 16.7 Å². The molecule has 0 bridgehead atoms. The lowest BCUT2D eigenvalue weighted by atomic mass is 10.1. The predicted molar refractivity (Wildman–Crippen MR) is 125 cm³/mol. The minimum Gasteiger partial charge on any atom is -0.342 e. The molecule has 1 N–H and O–H groups in total. The van der Waals surface area contributed by atoms with Gasteiger partial charge in [-0.15, -0.1) is 0 Å². The molecule has 0 aliphatic rings. The highest BCUT2D eigenvalue weighted by atomic mass is 35.5. The number of fused-ring (bicyclic) bond motifs is 1. The lowest BCUT2D eigenvalue weighted by molar-refractivity contribution is -0.384. The van der Waals surface area contributed by atoms with Crippen LogP contribution in [-0.4, -0.2) is 21.6 Å². The number of nitro groups is 1. The fraction of sp³-hybridized carbons (Fsp3) is 0.0833. The number of carbonyl (C=O) groups excluding carboxylic acids is 1. The quantitative estimate of drug-likeness (QED) is 0.247. The zero-order chi connectivity index (χ0) is 22.5. The normalized spacial score (nSPS) is 11.2. The summed E-state index contributed by atoms with van der Waals surface area (Å²) >= 11 is 6.32. The van der Waals surface area contributed by atoms with Crippen molar-refractivity contribution in [3.8, 4) is 0 Å². The lowest BCUT2D eigenvalue weighted by Crippen LogP contribution is -2.19. The Kier molecular flexibility index (Phi) is 6.28. The van der Waals surface area contributed by atoms with Crippen LogP contribution in [0.15, 0.2) is 84.1 Å². The van der Waals surface area contributed by atoms with E-state index in [1.807, 2.05) is 54.7 Å². The van der Waals surface area contributed by atoms with Crippen LogP contribution in [0.5, 0.6) is 0 Å². The van der Waals surface area contributed by atoms with Crippen LogP contribution in [0.3, 0.4) is 0 Å². The molecule has 160 valence electrons. The highest BCUT2D eigenvalue weighted by Gasteiger charge is 2.10. The van der Waals surface area contributed by atoms with Gasteiger partial charge in [0, 0.05) is 46.4 Å². The molecule has 0 aliphatic heterocycles. The van der Waals surface area contributed by atoms with Crippen molar-refractivity contribution in [3.05, 3.63) is 111 Å². The van der Waals surface area contributed by atoms with Crippen LogP contribution in [0.25, 0.3) is 10.9 Å². The zero-order valence-electron chi connectivity index (χ0n) is 16.9. The van der Waals surface area contributed by atoms with Gasteiger partial charge in [0.2, 0.25) is 5.91 Å². The number of hydrazone groups is 1. The number of hydrogen-bond acceptors (Lipinski definition) is 4. The van der Waals surface area contributed by atoms with Gasteiger partial charge < -0.3 is 4.57 Å². The van der Waals surface area contributed by atoms with Crippen molar-refractivity contribution in [1.29, 1.82) is 0 Å². The molecular formula is C24H19ClN4O3. The topological polar surface area (TPSA) is 89.5 Å². The number of rotatable bonds is 7. The van der Waals surface area contributed by atoms with Crippen LogP contribution >= 0.6 is 11.6 Å². The number of nitrogens with zero attached hydrogens (tertiary/aromatic N) is 3. The summed E-state index contributed by atoms with van der Waals surface area (Å²) in [5.41, 5.74) is 6.08. The van der Waals surface area contributed by atoms with E-state index < -0.39 is 4.92 Å². The molecule has 0 aliphatic carbocycles. The van der Waals surface area contributed by atoms with Gasteiger partial charge in [-0.25, -0.2) is 5.43 Å². The van der Waals surface area contributed by atoms with Gasteiger partial charge in [0.05, 0.1) is 17.6 Å². The summed E-state index contributed by atoms with van der Waals surface area (Å²) in [5.74, 6) is -0.310. The van der Waals surface area contributed by atoms with E-state index in [1.165, 1.54) is 12.1 Å². The average molecular weight is 447 g/mol. The standard InChI is InChI=1S/C24H19ClN4O3/c25-22-7-3-1-5-18(22)15-28-16-19(21-6-2-4-8-23(21)28)14-26-27-24(30)13-17-9-11-20(12-10-17)29(31)32/h1-12,14,16H,13,15H2,(H,27,30)/b26-14-. The van der Waals surface area contributed by atoms with Crippen molar-refractivity contribution >= 4 is 40.3 Å². The molecule has 0 saturated carbocycles. The van der Waals surface area contributed by atoms with E-state index in [-0.39, 0.29) is 18.0 Å². The van der Waals surface area contributed by atoms with Gasteiger partial charge in [-0.2, -0.15) is 5.10 Å². The Hall–Kier alpha value is -3.97. The maximum atomic E-state index is 12.2. The lowest BCUT2D eigenvalue weighted by Gasteiger charge is -2.07. The number of hydrogen-bond donors (Lipinski definition) is 1. The third-order valence-corrected chi connectivity index (χ3v) is 5.39. The predicted octanol–water partition coefficient (Wildman–Crippen LogP) is 4.94. The first-order valence-corrected chi connectivity index (χ1v) is 10.3. The number of benzene rings is 3. The minimum atomic E-state index is -0.476. The van der Waals surface area contributed by atoms with Gasteiger partial charge in [-0.3, -0.25) is 14.9 Å². The van der Waals surface area contributed by atoms with Crippen LogP contribution < -0.4 is 5.43 Å². The van der Waals surface area contributed by atoms with E-state index in [9.17, 15) is 14.9 Å². The summed E-state index contributed by atoms with van der Waals surface area (Å²) in [4.78, 5) is 22.4. The summed E-state index contributed by atoms with van der Waals surface area (Å²) in [6, 6.07) is 21.5. The molecular weight excluding hydrogens is 428 g/mol. The molecule has 0 unspecified atom stereocenters. The third-order valence-electron chi connectivity index (χ3n) is 5.02. The van der Waals surface area contributed by atoms with Crippen molar-refractivity contribution in [2.75, 3.05) is 0 Å². The Morgan fingerprint density at radius 1 is 1.06 bits per heavy atom. The average Bonchev–Trinajstić information content (AvgIpc) is 3.13. The molecule has 1 amide bonds. The number of aromatic nitrogens is 1. The number of para-hydroxylation sites is 1. The van der Waals surface area contributed by atoms with Gasteiger partial charge >= 0.3 is 0 Å². The molecule has 4 rings (SSSR count). The summed E-state index contributed by atoms with van der Waals surface area (Å²) in [7, 11) is 0. The smallest absolute Gasteiger partial charge is 0.269 e. The number of nitro benzene ring substituents is 1. The largest absolute Gasteiger partial charge is 0.342 e. The second-order valence-electron chi connectivity index (χ2n) is 7.21. The molecule has 0 spiro atoms. The van der Waals surface area contributed by atoms with E-state index in [2.05, 4.69) is 15.1 Å². The Balaban J connectivity index is 1.47. The monoisotopic (exact) mass is 446 g/mol. The zero-order valence-corrected chi connectivity index (χ0v) is 17.7. The summed E-state index contributed by atoms with van der Waals surface area (Å²) in [5, 5.41) is 16.5. The number of non-ortho nitro benzene ring substituents is 1. The van der Waals surface area contributed by atoms with Crippen molar-refractivity contribution in [2.45, 2.75) is 13.0 Å². The third kappa shape index (κ3) is 4.84. The van der Waals surface area contributed by atoms with Gasteiger partial charge in [0.15, 0.2) is 0 Å². The fourth-order valence-electron chi connectivity index (χ4n) is 3.45. The SMILES string of the molecule is O=C(Cc1ccc([N+](=O)[O-])cc1)N/N=C\c1cn(Cc2ccccc2Cl)c2ccccc12. The van der Waals surface area contributed by atoms with E-state index >= 15 is 0 Å². The van der Waals surface area contributed by atoms with Crippen LogP contribution in [-0.2, 0) is 17.8 Å². The van der Waals surface area contributed by atoms with E-state index in [4.69, 9.17) is 11.6 Å². The molecule has 32 heavy (non-hydrogen) atoms. The summed E-state index contributed by atoms with van der Waals surface area (Å²) in [6.07, 6.45) is 3.66. The van der Waals surface area contributed by atoms with Crippen LogP contribution in [0, 0.1) is 10.1 Å². The van der Waals surface area contributed by atoms with E-state index in [1.54, 1.807) is 18.3 Å². The van der Waals surface area contributed by atoms with E-state index in [0.29, 0.717) is 17.1 Å². The van der Waals surface area contributed by atoms with Gasteiger partial charge in [0.25, 0.3) is 5.69 Å². The number of carbonyl (C=O) groups is 1. The fourth-order valence-corrected chi connectivity index (χ4v) is 3.65. The molecule has 1 aromatic heterocycles. The molecule has 0 radical (unpaired) electrons. The molecule has 7 nitrogen and oxygen atoms in total.